The third-order valence-electron chi connectivity index (χ3n) is 13.7. The fourth-order valence-corrected chi connectivity index (χ4v) is 10.5. The Morgan fingerprint density at radius 1 is 1.15 bits per heavy atom. The second kappa shape index (κ2) is 15.8. The number of thiazole rings is 1. The molecule has 9 rings (SSSR count). The molecule has 6 heterocycles. The molecular formula is C46H60N8O5S. The van der Waals surface area contributed by atoms with Crippen LogP contribution in [0, 0.1) is 22.7 Å². The van der Waals surface area contributed by atoms with Crippen LogP contribution in [0.3, 0.4) is 0 Å². The van der Waals surface area contributed by atoms with E-state index in [0.29, 0.717) is 25.3 Å². The highest BCUT2D eigenvalue weighted by molar-refractivity contribution is 7.10. The van der Waals surface area contributed by atoms with Crippen LogP contribution in [0.15, 0.2) is 35.8 Å². The quantitative estimate of drug-likeness (QED) is 0.214. The molecule has 0 radical (unpaired) electrons. The van der Waals surface area contributed by atoms with Crippen molar-refractivity contribution >= 4 is 45.7 Å². The molecule has 2 saturated carbocycles. The van der Waals surface area contributed by atoms with E-state index in [2.05, 4.69) is 96.4 Å². The highest BCUT2D eigenvalue weighted by Gasteiger charge is 2.52. The highest BCUT2D eigenvalue weighted by Crippen LogP contribution is 2.52. The van der Waals surface area contributed by atoms with Crippen LogP contribution in [0.1, 0.15) is 82.7 Å². The van der Waals surface area contributed by atoms with E-state index >= 15 is 0 Å². The van der Waals surface area contributed by atoms with Crippen LogP contribution < -0.4 is 15.6 Å². The van der Waals surface area contributed by atoms with Crippen LogP contribution >= 0.6 is 11.3 Å². The summed E-state index contributed by atoms with van der Waals surface area (Å²) in [6, 6.07) is 7.38. The van der Waals surface area contributed by atoms with Crippen LogP contribution in [0.25, 0.3) is 33.4 Å². The number of pyridine rings is 1. The number of aryl methyl sites for hydroxylation is 1. The van der Waals surface area contributed by atoms with Crippen LogP contribution in [-0.2, 0) is 43.2 Å². The molecule has 2 amide bonds. The lowest BCUT2D eigenvalue weighted by atomic mass is 9.84. The second-order valence-corrected chi connectivity index (χ2v) is 20.0. The molecule has 13 nitrogen and oxygen atoms in total. The number of nitrogens with one attached hydrogen (secondary N) is 2. The minimum atomic E-state index is -0.825. The van der Waals surface area contributed by atoms with Crippen molar-refractivity contribution in [2.45, 2.75) is 97.9 Å². The molecule has 2 saturated heterocycles. The van der Waals surface area contributed by atoms with Crippen molar-refractivity contribution in [3.63, 3.8) is 0 Å². The van der Waals surface area contributed by atoms with E-state index < -0.39 is 17.5 Å². The Kier molecular flexibility index (Phi) is 10.8. The molecule has 6 bridgehead atoms. The topological polar surface area (TPSA) is 134 Å². The Bertz CT molecular complexity index is 2310. The summed E-state index contributed by atoms with van der Waals surface area (Å²) in [5, 5.41) is 8.63. The minimum Gasteiger partial charge on any atom is -0.464 e. The molecule has 5 atom stereocenters. The number of carbonyl (C=O) groups is 3. The standard InChI is InChI=1S/C46H60N8O5S/c1-8-53-38-10-9-29-18-32(38)34(41(53)33-19-30(23-47-40(33)28(3)58-7)52-15-13-51(6)14-16-52)21-45(4,5)26-59-44(57)36-22-46(11-12-46)25-54(50-36)43(56)35(20-39-48-37(29)24-60-39)49-42(55)31-17-27(31)2/h9-10,18-19,23-24,27-28,31,35-36,50H,8,11-17,20-22,25-26H2,1-7H3,(H,49,55). The van der Waals surface area contributed by atoms with E-state index in [9.17, 15) is 14.4 Å². The number of fused-ring (bicyclic) bond motifs is 6. The van der Waals surface area contributed by atoms with Gasteiger partial charge in [-0.15, -0.1) is 11.3 Å². The lowest BCUT2D eigenvalue weighted by molar-refractivity contribution is -0.157. The maximum Gasteiger partial charge on any atom is 0.325 e. The molecule has 2 N–H and O–H groups in total. The number of carbonyl (C=O) groups excluding carboxylic acids is 3. The average molecular weight is 837 g/mol. The lowest BCUT2D eigenvalue weighted by Gasteiger charge is -2.39. The zero-order chi connectivity index (χ0) is 42.1. The van der Waals surface area contributed by atoms with Gasteiger partial charge in [0.2, 0.25) is 5.91 Å². The van der Waals surface area contributed by atoms with Crippen molar-refractivity contribution in [1.29, 1.82) is 0 Å². The first-order chi connectivity index (χ1) is 28.7. The number of hydrogen-bond acceptors (Lipinski definition) is 11. The molecule has 1 spiro atoms. The number of likely N-dealkylation sites (N-methyl/N-ethyl adjacent to an activating group) is 1. The predicted octanol–water partition coefficient (Wildman–Crippen LogP) is 6.00. The Balaban J connectivity index is 1.17. The number of anilines is 1. The molecule has 320 valence electrons. The molecule has 4 aromatic rings. The molecule has 3 aromatic heterocycles. The van der Waals surface area contributed by atoms with Gasteiger partial charge in [0, 0.05) is 91.5 Å². The van der Waals surface area contributed by atoms with Gasteiger partial charge in [0.05, 0.1) is 46.7 Å². The maximum absolute atomic E-state index is 14.4. The van der Waals surface area contributed by atoms with Crippen LogP contribution in [0.5, 0.6) is 0 Å². The molecule has 14 heteroatoms. The number of hydrazine groups is 1. The monoisotopic (exact) mass is 836 g/mol. The first kappa shape index (κ1) is 41.0. The fraction of sp³-hybridized carbons (Fsp3) is 0.587. The molecule has 3 aliphatic heterocycles. The molecular weight excluding hydrogens is 777 g/mol. The molecule has 5 aliphatic rings. The van der Waals surface area contributed by atoms with Gasteiger partial charge in [-0.1, -0.05) is 26.8 Å². The third kappa shape index (κ3) is 7.96. The summed E-state index contributed by atoms with van der Waals surface area (Å²) in [4.78, 5) is 57.0. The Morgan fingerprint density at radius 2 is 1.92 bits per heavy atom. The summed E-state index contributed by atoms with van der Waals surface area (Å²) in [6.07, 6.45) is 5.94. The van der Waals surface area contributed by atoms with Gasteiger partial charge >= 0.3 is 5.97 Å². The highest BCUT2D eigenvalue weighted by atomic mass is 32.1. The number of esters is 1. The molecule has 4 fully saturated rings. The summed E-state index contributed by atoms with van der Waals surface area (Å²) >= 11 is 1.51. The normalized spacial score (nSPS) is 25.9. The van der Waals surface area contributed by atoms with E-state index in [0.717, 1.165) is 107 Å². The third-order valence-corrected chi connectivity index (χ3v) is 14.6. The Morgan fingerprint density at radius 3 is 2.62 bits per heavy atom. The summed E-state index contributed by atoms with van der Waals surface area (Å²) < 4.78 is 14.6. The van der Waals surface area contributed by atoms with Gasteiger partial charge in [-0.3, -0.25) is 24.4 Å². The fourth-order valence-electron chi connectivity index (χ4n) is 9.62. The van der Waals surface area contributed by atoms with Crippen molar-refractivity contribution < 1.29 is 23.9 Å². The molecule has 2 aliphatic carbocycles. The summed E-state index contributed by atoms with van der Waals surface area (Å²) in [5.41, 5.74) is 10.8. The summed E-state index contributed by atoms with van der Waals surface area (Å²) in [5.74, 6) is -0.493. The number of nitrogens with zero attached hydrogens (tertiary/aromatic N) is 6. The van der Waals surface area contributed by atoms with Crippen molar-refractivity contribution in [3.8, 4) is 22.5 Å². The largest absolute Gasteiger partial charge is 0.464 e. The van der Waals surface area contributed by atoms with E-state index in [1.807, 2.05) is 6.20 Å². The molecule has 60 heavy (non-hydrogen) atoms. The maximum atomic E-state index is 14.4. The van der Waals surface area contributed by atoms with Crippen molar-refractivity contribution in [1.82, 2.24) is 35.2 Å². The van der Waals surface area contributed by atoms with Crippen molar-refractivity contribution in [3.05, 3.63) is 52.1 Å². The van der Waals surface area contributed by atoms with Gasteiger partial charge in [0.1, 0.15) is 12.1 Å². The van der Waals surface area contributed by atoms with E-state index in [4.69, 9.17) is 19.4 Å². The number of rotatable bonds is 7. The number of aromatic nitrogens is 3. The van der Waals surface area contributed by atoms with Crippen LogP contribution in [-0.4, -0.2) is 108 Å². The number of amides is 2. The number of piperazine rings is 1. The summed E-state index contributed by atoms with van der Waals surface area (Å²) in [6.45, 7) is 15.9. The molecule has 1 aromatic carbocycles. The summed E-state index contributed by atoms with van der Waals surface area (Å²) in [7, 11) is 3.90. The first-order valence-electron chi connectivity index (χ1n) is 21.9. The molecule has 5 unspecified atom stereocenters. The van der Waals surface area contributed by atoms with Crippen molar-refractivity contribution in [2.24, 2.45) is 22.7 Å². The van der Waals surface area contributed by atoms with Crippen LogP contribution in [0.2, 0.25) is 0 Å². The number of ether oxygens (including phenoxy) is 2. The van der Waals surface area contributed by atoms with Gasteiger partial charge in [0.25, 0.3) is 5.91 Å². The van der Waals surface area contributed by atoms with E-state index in [-0.39, 0.29) is 48.2 Å². The number of hydrogen-bond donors (Lipinski definition) is 2. The van der Waals surface area contributed by atoms with Crippen LogP contribution in [0.4, 0.5) is 5.69 Å². The minimum absolute atomic E-state index is 0.0899. The number of methoxy groups -OCH3 is 1. The van der Waals surface area contributed by atoms with E-state index in [1.165, 1.54) is 11.3 Å². The Hall–Kier alpha value is -4.37. The predicted molar refractivity (Wildman–Crippen MR) is 233 cm³/mol. The van der Waals surface area contributed by atoms with Gasteiger partial charge in [-0.25, -0.2) is 10.4 Å². The number of benzene rings is 1. The lowest BCUT2D eigenvalue weighted by Crippen LogP contribution is -2.63. The zero-order valence-corrected chi connectivity index (χ0v) is 37.0. The second-order valence-electron chi connectivity index (χ2n) is 19.1. The van der Waals surface area contributed by atoms with Gasteiger partial charge < -0.3 is 29.2 Å². The van der Waals surface area contributed by atoms with E-state index in [1.54, 1.807) is 12.1 Å². The SMILES string of the molecule is CCn1c(-c2cc(N3CCN(C)CC3)cnc2C(C)OC)c2c3cc(ccc31)-c1csc(n1)CC(NC(=O)C1CC1C)C(=O)N1CC3(CC3)CC(N1)C(=O)OCC(C)(C)C2. The van der Waals surface area contributed by atoms with Crippen molar-refractivity contribution in [2.75, 3.05) is 58.4 Å². The Labute approximate surface area is 357 Å². The average Bonchev–Trinajstić information content (AvgIpc) is 4.08. The zero-order valence-electron chi connectivity index (χ0n) is 36.2. The van der Waals surface area contributed by atoms with Gasteiger partial charge in [-0.05, 0) is 88.1 Å². The first-order valence-corrected chi connectivity index (χ1v) is 22.7. The number of cyclic esters (lactones) is 1. The van der Waals surface area contributed by atoms with Gasteiger partial charge in [0.15, 0.2) is 0 Å². The smallest absolute Gasteiger partial charge is 0.325 e. The van der Waals surface area contributed by atoms with Gasteiger partial charge in [-0.2, -0.15) is 0 Å².